The Morgan fingerprint density at radius 3 is 2.52 bits per heavy atom. The van der Waals surface area contributed by atoms with E-state index in [2.05, 4.69) is 44.2 Å². The zero-order valence-corrected chi connectivity index (χ0v) is 21.0. The van der Waals surface area contributed by atoms with Crippen LogP contribution in [0.3, 0.4) is 0 Å². The second kappa shape index (κ2) is 10.1. The highest BCUT2D eigenvalue weighted by Gasteiger charge is 2.29. The quantitative estimate of drug-likeness (QED) is 0.556. The molecule has 1 fully saturated rings. The normalized spacial score (nSPS) is 18.1. The standard InChI is InChI=1S/C22H29BrN4O2S2/c1-25-11-13-26(14-12-25)10-2-9-24-19-5-8-22-21(17-19)27(15-16-30-22)31(28,29)20-6-3-18(23)4-7-20/h3-8,17,24H,2,9-16H2,1H3. The lowest BCUT2D eigenvalue weighted by Gasteiger charge is -2.32. The molecular formula is C22H29BrN4O2S2. The third-order valence-corrected chi connectivity index (χ3v) is 9.16. The summed E-state index contributed by atoms with van der Waals surface area (Å²) in [6.07, 6.45) is 1.07. The molecule has 31 heavy (non-hydrogen) atoms. The van der Waals surface area contributed by atoms with Crippen molar-refractivity contribution in [3.8, 4) is 0 Å². The van der Waals surface area contributed by atoms with Crippen LogP contribution < -0.4 is 9.62 Å². The molecule has 2 heterocycles. The first-order chi connectivity index (χ1) is 14.9. The topological polar surface area (TPSA) is 55.9 Å². The van der Waals surface area contributed by atoms with Gasteiger partial charge in [-0.1, -0.05) is 15.9 Å². The molecule has 4 rings (SSSR count). The number of thioether (sulfide) groups is 1. The van der Waals surface area contributed by atoms with Gasteiger partial charge in [0, 0.05) is 60.1 Å². The lowest BCUT2D eigenvalue weighted by Crippen LogP contribution is -2.44. The Kier molecular flexibility index (Phi) is 7.48. The van der Waals surface area contributed by atoms with Crippen molar-refractivity contribution in [1.82, 2.24) is 9.80 Å². The molecule has 0 aromatic heterocycles. The molecule has 2 aliphatic heterocycles. The summed E-state index contributed by atoms with van der Waals surface area (Å²) in [5.74, 6) is 0.751. The Morgan fingerprint density at radius 2 is 1.77 bits per heavy atom. The maximum atomic E-state index is 13.3. The van der Waals surface area contributed by atoms with Crippen molar-refractivity contribution in [1.29, 1.82) is 0 Å². The van der Waals surface area contributed by atoms with Gasteiger partial charge >= 0.3 is 0 Å². The van der Waals surface area contributed by atoms with E-state index in [1.54, 1.807) is 40.3 Å². The molecule has 0 bridgehead atoms. The Balaban J connectivity index is 1.42. The number of piperazine rings is 1. The summed E-state index contributed by atoms with van der Waals surface area (Å²) in [5.41, 5.74) is 1.74. The number of benzene rings is 2. The molecule has 0 unspecified atom stereocenters. The van der Waals surface area contributed by atoms with Gasteiger partial charge in [-0.3, -0.25) is 4.31 Å². The summed E-state index contributed by atoms with van der Waals surface area (Å²) in [6.45, 7) is 6.98. The largest absolute Gasteiger partial charge is 0.385 e. The molecule has 0 saturated carbocycles. The molecule has 6 nitrogen and oxygen atoms in total. The van der Waals surface area contributed by atoms with Crippen LogP contribution in [0.2, 0.25) is 0 Å². The van der Waals surface area contributed by atoms with Gasteiger partial charge in [0.05, 0.1) is 10.6 Å². The van der Waals surface area contributed by atoms with Crippen molar-refractivity contribution in [3.05, 3.63) is 46.9 Å². The van der Waals surface area contributed by atoms with Gasteiger partial charge in [0.15, 0.2) is 0 Å². The number of hydrogen-bond donors (Lipinski definition) is 1. The first-order valence-electron chi connectivity index (χ1n) is 10.6. The molecule has 2 aliphatic rings. The average molecular weight is 526 g/mol. The molecule has 9 heteroatoms. The van der Waals surface area contributed by atoms with Crippen LogP contribution in [-0.2, 0) is 10.0 Å². The van der Waals surface area contributed by atoms with Gasteiger partial charge in [-0.05, 0) is 62.5 Å². The molecule has 2 aromatic carbocycles. The van der Waals surface area contributed by atoms with Crippen molar-refractivity contribution in [2.75, 3.05) is 68.2 Å². The monoisotopic (exact) mass is 524 g/mol. The number of nitrogens with zero attached hydrogens (tertiary/aromatic N) is 3. The lowest BCUT2D eigenvalue weighted by molar-refractivity contribution is 0.154. The molecule has 0 spiro atoms. The van der Waals surface area contributed by atoms with Crippen LogP contribution in [0.4, 0.5) is 11.4 Å². The van der Waals surface area contributed by atoms with Crippen LogP contribution >= 0.6 is 27.7 Å². The SMILES string of the molecule is CN1CCN(CCCNc2ccc3c(c2)N(S(=O)(=O)c2ccc(Br)cc2)CCS3)CC1. The van der Waals surface area contributed by atoms with Gasteiger partial charge in [0.1, 0.15) is 0 Å². The van der Waals surface area contributed by atoms with Crippen LogP contribution in [-0.4, -0.2) is 76.8 Å². The van der Waals surface area contributed by atoms with Crippen LogP contribution in [0.5, 0.6) is 0 Å². The van der Waals surface area contributed by atoms with E-state index in [9.17, 15) is 8.42 Å². The summed E-state index contributed by atoms with van der Waals surface area (Å²) in [5, 5.41) is 3.49. The number of halogens is 1. The number of rotatable bonds is 7. The van der Waals surface area contributed by atoms with Crippen molar-refractivity contribution < 1.29 is 8.42 Å². The van der Waals surface area contributed by atoms with Crippen LogP contribution in [0.25, 0.3) is 0 Å². The van der Waals surface area contributed by atoms with E-state index < -0.39 is 10.0 Å². The summed E-state index contributed by atoms with van der Waals surface area (Å²) in [7, 11) is -1.42. The van der Waals surface area contributed by atoms with E-state index in [1.165, 1.54) is 0 Å². The molecule has 0 aliphatic carbocycles. The zero-order valence-electron chi connectivity index (χ0n) is 17.8. The number of anilines is 2. The molecule has 0 radical (unpaired) electrons. The Bertz CT molecular complexity index is 993. The second-order valence-corrected chi connectivity index (χ2v) is 11.9. The van der Waals surface area contributed by atoms with Crippen molar-refractivity contribution in [3.63, 3.8) is 0 Å². The molecule has 1 saturated heterocycles. The highest BCUT2D eigenvalue weighted by Crippen LogP contribution is 2.39. The maximum Gasteiger partial charge on any atom is 0.264 e. The molecule has 0 atom stereocenters. The number of sulfonamides is 1. The molecule has 168 valence electrons. The van der Waals surface area contributed by atoms with Gasteiger partial charge in [-0.25, -0.2) is 8.42 Å². The fourth-order valence-electron chi connectivity index (χ4n) is 3.89. The van der Waals surface area contributed by atoms with Crippen LogP contribution in [0, 0.1) is 0 Å². The summed E-state index contributed by atoms with van der Waals surface area (Å²) >= 11 is 5.09. The van der Waals surface area contributed by atoms with Gasteiger partial charge in [0.2, 0.25) is 0 Å². The summed E-state index contributed by atoms with van der Waals surface area (Å²) < 4.78 is 29.0. The number of nitrogens with one attached hydrogen (secondary N) is 1. The number of likely N-dealkylation sites (N-methyl/N-ethyl adjacent to an activating group) is 1. The number of hydrogen-bond acceptors (Lipinski definition) is 6. The maximum absolute atomic E-state index is 13.3. The van der Waals surface area contributed by atoms with Gasteiger partial charge in [-0.2, -0.15) is 0 Å². The smallest absolute Gasteiger partial charge is 0.264 e. The minimum absolute atomic E-state index is 0.319. The highest BCUT2D eigenvalue weighted by molar-refractivity contribution is 9.10. The van der Waals surface area contributed by atoms with Crippen molar-refractivity contribution in [2.24, 2.45) is 0 Å². The van der Waals surface area contributed by atoms with Crippen molar-refractivity contribution >= 4 is 49.1 Å². The third-order valence-electron chi connectivity index (χ3n) is 5.76. The first kappa shape index (κ1) is 22.9. The summed E-state index contributed by atoms with van der Waals surface area (Å²) in [6, 6.07) is 12.9. The fourth-order valence-corrected chi connectivity index (χ4v) is 6.78. The first-order valence-corrected chi connectivity index (χ1v) is 13.9. The molecule has 1 N–H and O–H groups in total. The zero-order chi connectivity index (χ0) is 21.8. The highest BCUT2D eigenvalue weighted by atomic mass is 79.9. The van der Waals surface area contributed by atoms with Crippen LogP contribution in [0.15, 0.2) is 56.7 Å². The molecule has 2 aromatic rings. The Hall–Kier alpha value is -1.26. The Labute approximate surface area is 198 Å². The predicted molar refractivity (Wildman–Crippen MR) is 133 cm³/mol. The van der Waals surface area contributed by atoms with Crippen LogP contribution in [0.1, 0.15) is 6.42 Å². The molecule has 0 amide bonds. The fraction of sp³-hybridized carbons (Fsp3) is 0.455. The number of fused-ring (bicyclic) bond motifs is 1. The van der Waals surface area contributed by atoms with Gasteiger partial charge < -0.3 is 15.1 Å². The second-order valence-electron chi connectivity index (χ2n) is 7.99. The van der Waals surface area contributed by atoms with E-state index >= 15 is 0 Å². The molecular weight excluding hydrogens is 496 g/mol. The Morgan fingerprint density at radius 1 is 1.03 bits per heavy atom. The van der Waals surface area contributed by atoms with E-state index in [0.29, 0.717) is 11.4 Å². The minimum Gasteiger partial charge on any atom is -0.385 e. The van der Waals surface area contributed by atoms with E-state index in [4.69, 9.17) is 0 Å². The summed E-state index contributed by atoms with van der Waals surface area (Å²) in [4.78, 5) is 6.21. The third kappa shape index (κ3) is 5.57. The minimum atomic E-state index is -3.59. The van der Waals surface area contributed by atoms with Crippen molar-refractivity contribution in [2.45, 2.75) is 16.2 Å². The van der Waals surface area contributed by atoms with E-state index in [0.717, 1.165) is 72.2 Å². The van der Waals surface area contributed by atoms with E-state index in [-0.39, 0.29) is 0 Å². The van der Waals surface area contributed by atoms with Gasteiger partial charge in [0.25, 0.3) is 10.0 Å². The van der Waals surface area contributed by atoms with E-state index in [1.807, 2.05) is 12.1 Å². The average Bonchev–Trinajstić information content (AvgIpc) is 2.77. The lowest BCUT2D eigenvalue weighted by atomic mass is 10.2. The van der Waals surface area contributed by atoms with Gasteiger partial charge in [-0.15, -0.1) is 11.8 Å². The predicted octanol–water partition coefficient (Wildman–Crippen LogP) is 3.80.